The molecule has 3 rings (SSSR count). The van der Waals surface area contributed by atoms with Crippen molar-refractivity contribution in [2.24, 2.45) is 0 Å². The van der Waals surface area contributed by atoms with Crippen LogP contribution in [0.3, 0.4) is 0 Å². The lowest BCUT2D eigenvalue weighted by molar-refractivity contribution is -0.123. The molecule has 2 atom stereocenters. The summed E-state index contributed by atoms with van der Waals surface area (Å²) >= 11 is 1.35. The summed E-state index contributed by atoms with van der Waals surface area (Å²) in [7, 11) is 0. The Kier molecular flexibility index (Phi) is 4.15. The minimum atomic E-state index is -0.371. The summed E-state index contributed by atoms with van der Waals surface area (Å²) in [5.41, 5.74) is 2.72. The maximum atomic E-state index is 13.1. The molecule has 2 aromatic rings. The van der Waals surface area contributed by atoms with Gasteiger partial charge in [0.1, 0.15) is 11.5 Å². The number of halogens is 1. The van der Waals surface area contributed by atoms with Gasteiger partial charge in [0, 0.05) is 11.8 Å². The maximum absolute atomic E-state index is 13.1. The van der Waals surface area contributed by atoms with Crippen LogP contribution in [0.25, 0.3) is 0 Å². The third-order valence-electron chi connectivity index (χ3n) is 3.61. The van der Waals surface area contributed by atoms with Crippen molar-refractivity contribution < 1.29 is 14.0 Å². The molecule has 2 N–H and O–H groups in total. The first-order chi connectivity index (χ1) is 10.6. The number of hydrogen-bond acceptors (Lipinski definition) is 4. The molecule has 0 spiro atoms. The Morgan fingerprint density at radius 1 is 1.36 bits per heavy atom. The van der Waals surface area contributed by atoms with E-state index >= 15 is 0 Å². The highest BCUT2D eigenvalue weighted by molar-refractivity contribution is 7.07. The van der Waals surface area contributed by atoms with Gasteiger partial charge >= 0.3 is 0 Å². The lowest BCUT2D eigenvalue weighted by Crippen LogP contribution is -2.50. The van der Waals surface area contributed by atoms with Gasteiger partial charge in [-0.05, 0) is 24.1 Å². The summed E-state index contributed by atoms with van der Waals surface area (Å²) in [5, 5.41) is 7.43. The SMILES string of the molecule is O=C1CCC(NC(=O)c2cscn2)C(c2ccc(F)cc2)N1. The van der Waals surface area contributed by atoms with Gasteiger partial charge in [0.2, 0.25) is 5.91 Å². The predicted molar refractivity (Wildman–Crippen MR) is 79.9 cm³/mol. The Bertz CT molecular complexity index is 673. The summed E-state index contributed by atoms with van der Waals surface area (Å²) in [5.74, 6) is -0.683. The Labute approximate surface area is 130 Å². The van der Waals surface area contributed by atoms with Crippen molar-refractivity contribution in [1.29, 1.82) is 0 Å². The van der Waals surface area contributed by atoms with Gasteiger partial charge in [0.15, 0.2) is 0 Å². The second-order valence-electron chi connectivity index (χ2n) is 5.09. The van der Waals surface area contributed by atoms with Crippen molar-refractivity contribution in [1.82, 2.24) is 15.6 Å². The number of nitrogens with zero attached hydrogens (tertiary/aromatic N) is 1. The summed E-state index contributed by atoms with van der Waals surface area (Å²) in [6.07, 6.45) is 0.878. The number of nitrogens with one attached hydrogen (secondary N) is 2. The molecular weight excluding hydrogens is 305 g/mol. The highest BCUT2D eigenvalue weighted by Gasteiger charge is 2.31. The van der Waals surface area contributed by atoms with Crippen molar-refractivity contribution in [2.45, 2.75) is 24.9 Å². The van der Waals surface area contributed by atoms with Gasteiger partial charge < -0.3 is 10.6 Å². The molecule has 7 heteroatoms. The number of carbonyl (C=O) groups excluding carboxylic acids is 2. The summed E-state index contributed by atoms with van der Waals surface area (Å²) in [6, 6.07) is 5.30. The Morgan fingerprint density at radius 3 is 2.82 bits per heavy atom. The Morgan fingerprint density at radius 2 is 2.14 bits per heavy atom. The van der Waals surface area contributed by atoms with E-state index in [0.717, 1.165) is 5.56 Å². The smallest absolute Gasteiger partial charge is 0.271 e. The molecular formula is C15H14FN3O2S. The molecule has 1 aromatic heterocycles. The lowest BCUT2D eigenvalue weighted by atomic mass is 9.92. The first-order valence-electron chi connectivity index (χ1n) is 6.87. The van der Waals surface area contributed by atoms with Crippen molar-refractivity contribution in [3.63, 3.8) is 0 Å². The van der Waals surface area contributed by atoms with Crippen LogP contribution in [0.2, 0.25) is 0 Å². The molecule has 5 nitrogen and oxygen atoms in total. The fraction of sp³-hybridized carbons (Fsp3) is 0.267. The molecule has 1 aliphatic heterocycles. The van der Waals surface area contributed by atoms with E-state index < -0.39 is 0 Å². The van der Waals surface area contributed by atoms with E-state index in [4.69, 9.17) is 0 Å². The monoisotopic (exact) mass is 319 g/mol. The van der Waals surface area contributed by atoms with Gasteiger partial charge in [-0.25, -0.2) is 9.37 Å². The predicted octanol–water partition coefficient (Wildman–Crippen LogP) is 2.03. The third kappa shape index (κ3) is 3.14. The zero-order valence-electron chi connectivity index (χ0n) is 11.6. The van der Waals surface area contributed by atoms with E-state index in [-0.39, 0.29) is 29.7 Å². The van der Waals surface area contributed by atoms with E-state index in [1.54, 1.807) is 23.0 Å². The minimum Gasteiger partial charge on any atom is -0.347 e. The number of benzene rings is 1. The normalized spacial score (nSPS) is 21.2. The van der Waals surface area contributed by atoms with E-state index in [1.165, 1.54) is 23.5 Å². The van der Waals surface area contributed by atoms with Crippen LogP contribution in [0.4, 0.5) is 4.39 Å². The van der Waals surface area contributed by atoms with Crippen LogP contribution in [0.15, 0.2) is 35.2 Å². The second-order valence-corrected chi connectivity index (χ2v) is 5.81. The van der Waals surface area contributed by atoms with Gasteiger partial charge in [0.25, 0.3) is 5.91 Å². The lowest BCUT2D eigenvalue weighted by Gasteiger charge is -2.33. The highest BCUT2D eigenvalue weighted by atomic mass is 32.1. The van der Waals surface area contributed by atoms with Crippen molar-refractivity contribution in [3.05, 3.63) is 52.2 Å². The molecule has 0 radical (unpaired) electrons. The molecule has 1 aliphatic rings. The molecule has 1 saturated heterocycles. The standard InChI is InChI=1S/C15H14FN3O2S/c16-10-3-1-9(2-4-10)14-11(5-6-13(20)19-14)18-15(21)12-7-22-8-17-12/h1-4,7-8,11,14H,5-6H2,(H,18,21)(H,19,20). The molecule has 0 saturated carbocycles. The van der Waals surface area contributed by atoms with Crippen LogP contribution in [-0.2, 0) is 4.79 Å². The van der Waals surface area contributed by atoms with Gasteiger partial charge in [0.05, 0.1) is 17.6 Å². The number of thiazole rings is 1. The minimum absolute atomic E-state index is 0.0755. The molecule has 22 heavy (non-hydrogen) atoms. The van der Waals surface area contributed by atoms with E-state index in [1.807, 2.05) is 0 Å². The van der Waals surface area contributed by atoms with Crippen LogP contribution >= 0.6 is 11.3 Å². The van der Waals surface area contributed by atoms with Crippen LogP contribution in [-0.4, -0.2) is 22.8 Å². The molecule has 2 unspecified atom stereocenters. The summed E-state index contributed by atoms with van der Waals surface area (Å²) in [6.45, 7) is 0. The quantitative estimate of drug-likeness (QED) is 0.909. The Balaban J connectivity index is 1.79. The summed E-state index contributed by atoms with van der Waals surface area (Å²) in [4.78, 5) is 27.8. The zero-order chi connectivity index (χ0) is 15.5. The average Bonchev–Trinajstić information content (AvgIpc) is 3.04. The number of piperidine rings is 1. The number of amides is 2. The first kappa shape index (κ1) is 14.6. The fourth-order valence-electron chi connectivity index (χ4n) is 2.51. The molecule has 0 bridgehead atoms. The Hall–Kier alpha value is -2.28. The molecule has 1 fully saturated rings. The van der Waals surface area contributed by atoms with Crippen LogP contribution in [0.1, 0.15) is 34.9 Å². The number of hydrogen-bond donors (Lipinski definition) is 2. The fourth-order valence-corrected chi connectivity index (χ4v) is 3.04. The number of aromatic nitrogens is 1. The van der Waals surface area contributed by atoms with Crippen LogP contribution < -0.4 is 10.6 Å². The molecule has 114 valence electrons. The van der Waals surface area contributed by atoms with Crippen LogP contribution in [0.5, 0.6) is 0 Å². The van der Waals surface area contributed by atoms with Gasteiger partial charge in [-0.3, -0.25) is 9.59 Å². The summed E-state index contributed by atoms with van der Waals surface area (Å²) < 4.78 is 13.1. The van der Waals surface area contributed by atoms with Crippen molar-refractivity contribution in [2.75, 3.05) is 0 Å². The van der Waals surface area contributed by atoms with E-state index in [2.05, 4.69) is 15.6 Å². The zero-order valence-corrected chi connectivity index (χ0v) is 12.4. The number of rotatable bonds is 3. The molecule has 2 amide bonds. The topological polar surface area (TPSA) is 71.1 Å². The number of carbonyl (C=O) groups is 2. The van der Waals surface area contributed by atoms with Crippen molar-refractivity contribution >= 4 is 23.2 Å². The van der Waals surface area contributed by atoms with E-state index in [0.29, 0.717) is 18.5 Å². The highest BCUT2D eigenvalue weighted by Crippen LogP contribution is 2.24. The molecule has 1 aromatic carbocycles. The average molecular weight is 319 g/mol. The van der Waals surface area contributed by atoms with Gasteiger partial charge in [-0.15, -0.1) is 11.3 Å². The first-order valence-corrected chi connectivity index (χ1v) is 7.81. The van der Waals surface area contributed by atoms with Crippen LogP contribution in [0, 0.1) is 5.82 Å². The third-order valence-corrected chi connectivity index (χ3v) is 4.20. The van der Waals surface area contributed by atoms with E-state index in [9.17, 15) is 14.0 Å². The molecule has 2 heterocycles. The van der Waals surface area contributed by atoms with Crippen molar-refractivity contribution in [3.8, 4) is 0 Å². The second kappa shape index (κ2) is 6.23. The molecule has 0 aliphatic carbocycles. The largest absolute Gasteiger partial charge is 0.347 e. The van der Waals surface area contributed by atoms with Gasteiger partial charge in [-0.2, -0.15) is 0 Å². The van der Waals surface area contributed by atoms with Gasteiger partial charge in [-0.1, -0.05) is 12.1 Å². The maximum Gasteiger partial charge on any atom is 0.271 e.